The molecule has 27 heavy (non-hydrogen) atoms. The standard InChI is InChI=1S/C20H22N4O2S/c1-2-15-10-16-18(22-12-23-20(16)27-15)21-11-13-5-3-6-14(9-13)24-19(25)17-7-4-8-26-17/h3,5-6,9-10,12,17H,2,4,7-8,11H2,1H3,(H,24,25)(H,21,22,23)/t17-/m1/s1. The van der Waals surface area contributed by atoms with Gasteiger partial charge in [-0.05, 0) is 43.0 Å². The van der Waals surface area contributed by atoms with Crippen molar-refractivity contribution in [3.63, 3.8) is 0 Å². The molecule has 1 saturated heterocycles. The topological polar surface area (TPSA) is 76.1 Å². The van der Waals surface area contributed by atoms with Crippen LogP contribution >= 0.6 is 11.3 Å². The van der Waals surface area contributed by atoms with Crippen molar-refractivity contribution in [2.24, 2.45) is 0 Å². The quantitative estimate of drug-likeness (QED) is 0.674. The maximum atomic E-state index is 12.2. The van der Waals surface area contributed by atoms with Gasteiger partial charge in [0, 0.05) is 23.7 Å². The molecule has 1 amide bonds. The highest BCUT2D eigenvalue weighted by Crippen LogP contribution is 2.28. The number of nitrogens with one attached hydrogen (secondary N) is 2. The van der Waals surface area contributed by atoms with E-state index in [1.165, 1.54) is 4.88 Å². The Bertz CT molecular complexity index is 950. The molecule has 0 bridgehead atoms. The Morgan fingerprint density at radius 2 is 2.26 bits per heavy atom. The van der Waals surface area contributed by atoms with Crippen molar-refractivity contribution in [3.05, 3.63) is 47.1 Å². The van der Waals surface area contributed by atoms with E-state index in [1.807, 2.05) is 24.3 Å². The van der Waals surface area contributed by atoms with Crippen LogP contribution in [0.3, 0.4) is 0 Å². The van der Waals surface area contributed by atoms with Crippen molar-refractivity contribution in [2.75, 3.05) is 17.2 Å². The zero-order valence-corrected chi connectivity index (χ0v) is 16.0. The molecule has 0 aliphatic carbocycles. The third-order valence-electron chi connectivity index (χ3n) is 4.61. The van der Waals surface area contributed by atoms with Gasteiger partial charge in [0.2, 0.25) is 0 Å². The number of hydrogen-bond acceptors (Lipinski definition) is 6. The molecule has 1 fully saturated rings. The van der Waals surface area contributed by atoms with Gasteiger partial charge in [-0.2, -0.15) is 0 Å². The van der Waals surface area contributed by atoms with E-state index in [1.54, 1.807) is 17.7 Å². The average molecular weight is 382 g/mol. The molecule has 1 atom stereocenters. The molecule has 6 nitrogen and oxygen atoms in total. The van der Waals surface area contributed by atoms with Crippen LogP contribution in [0, 0.1) is 0 Å². The molecule has 0 saturated carbocycles. The second-order valence-corrected chi connectivity index (χ2v) is 7.67. The first-order valence-corrected chi connectivity index (χ1v) is 10.0. The zero-order chi connectivity index (χ0) is 18.6. The second kappa shape index (κ2) is 8.02. The normalized spacial score (nSPS) is 16.6. The average Bonchev–Trinajstić information content (AvgIpc) is 3.36. The minimum absolute atomic E-state index is 0.0690. The van der Waals surface area contributed by atoms with Crippen molar-refractivity contribution < 1.29 is 9.53 Å². The Kier molecular flexibility index (Phi) is 5.31. The summed E-state index contributed by atoms with van der Waals surface area (Å²) in [7, 11) is 0. The number of ether oxygens (including phenoxy) is 1. The number of hydrogen-bond donors (Lipinski definition) is 2. The molecule has 2 aromatic heterocycles. The van der Waals surface area contributed by atoms with Gasteiger partial charge in [-0.25, -0.2) is 9.97 Å². The number of amides is 1. The van der Waals surface area contributed by atoms with Gasteiger partial charge in [0.15, 0.2) is 0 Å². The fourth-order valence-electron chi connectivity index (χ4n) is 3.17. The number of benzene rings is 1. The lowest BCUT2D eigenvalue weighted by molar-refractivity contribution is -0.124. The molecule has 1 aliphatic heterocycles. The van der Waals surface area contributed by atoms with Crippen LogP contribution in [0.25, 0.3) is 10.2 Å². The number of carbonyl (C=O) groups excluding carboxylic acids is 1. The van der Waals surface area contributed by atoms with Crippen LogP contribution in [-0.4, -0.2) is 28.6 Å². The van der Waals surface area contributed by atoms with Crippen LogP contribution in [0.4, 0.5) is 11.5 Å². The second-order valence-electron chi connectivity index (χ2n) is 6.55. The minimum atomic E-state index is -0.326. The van der Waals surface area contributed by atoms with Gasteiger partial charge in [-0.15, -0.1) is 11.3 Å². The Labute approximate surface area is 162 Å². The van der Waals surface area contributed by atoms with E-state index in [-0.39, 0.29) is 12.0 Å². The molecule has 0 unspecified atom stereocenters. The summed E-state index contributed by atoms with van der Waals surface area (Å²) in [6.45, 7) is 3.42. The van der Waals surface area contributed by atoms with E-state index in [2.05, 4.69) is 33.6 Å². The molecule has 0 spiro atoms. The summed E-state index contributed by atoms with van der Waals surface area (Å²) in [4.78, 5) is 23.3. The number of aryl methyl sites for hydroxylation is 1. The zero-order valence-electron chi connectivity index (χ0n) is 15.2. The van der Waals surface area contributed by atoms with Crippen LogP contribution in [0.5, 0.6) is 0 Å². The predicted molar refractivity (Wildman–Crippen MR) is 108 cm³/mol. The molecule has 4 rings (SSSR count). The first kappa shape index (κ1) is 17.9. The van der Waals surface area contributed by atoms with Crippen molar-refractivity contribution >= 4 is 39.0 Å². The lowest BCUT2D eigenvalue weighted by Crippen LogP contribution is -2.26. The van der Waals surface area contributed by atoms with Crippen LogP contribution in [0.2, 0.25) is 0 Å². The summed E-state index contributed by atoms with van der Waals surface area (Å²) in [6, 6.07) is 9.99. The van der Waals surface area contributed by atoms with Crippen molar-refractivity contribution in [3.8, 4) is 0 Å². The third kappa shape index (κ3) is 4.09. The molecule has 3 aromatic rings. The molecular weight excluding hydrogens is 360 g/mol. The molecule has 7 heteroatoms. The van der Waals surface area contributed by atoms with E-state index in [0.717, 1.165) is 46.5 Å². The maximum Gasteiger partial charge on any atom is 0.253 e. The first-order chi connectivity index (χ1) is 13.2. The van der Waals surface area contributed by atoms with Gasteiger partial charge in [0.05, 0.1) is 5.39 Å². The van der Waals surface area contributed by atoms with Crippen LogP contribution < -0.4 is 10.6 Å². The molecule has 140 valence electrons. The summed E-state index contributed by atoms with van der Waals surface area (Å²) in [5, 5.41) is 7.40. The van der Waals surface area contributed by atoms with E-state index >= 15 is 0 Å². The van der Waals surface area contributed by atoms with Gasteiger partial charge in [-0.3, -0.25) is 4.79 Å². The van der Waals surface area contributed by atoms with Crippen molar-refractivity contribution in [2.45, 2.75) is 38.8 Å². The largest absolute Gasteiger partial charge is 0.368 e. The number of aromatic nitrogens is 2. The molecule has 1 aromatic carbocycles. The summed E-state index contributed by atoms with van der Waals surface area (Å²) in [6.07, 6.45) is 3.99. The van der Waals surface area contributed by atoms with Crippen molar-refractivity contribution in [1.29, 1.82) is 0 Å². The van der Waals surface area contributed by atoms with Crippen LogP contribution in [0.15, 0.2) is 36.7 Å². The van der Waals surface area contributed by atoms with Crippen LogP contribution in [0.1, 0.15) is 30.2 Å². The number of fused-ring (bicyclic) bond motifs is 1. The summed E-state index contributed by atoms with van der Waals surface area (Å²) in [5.74, 6) is 0.769. The summed E-state index contributed by atoms with van der Waals surface area (Å²) >= 11 is 1.70. The van der Waals surface area contributed by atoms with E-state index in [4.69, 9.17) is 4.74 Å². The number of anilines is 2. The molecule has 2 N–H and O–H groups in total. The SMILES string of the molecule is CCc1cc2c(NCc3cccc(NC(=O)[C@H]4CCCO4)c3)ncnc2s1. The monoisotopic (exact) mass is 382 g/mol. The van der Waals surface area contributed by atoms with Gasteiger partial charge in [0.1, 0.15) is 23.1 Å². The number of rotatable bonds is 6. The fourth-order valence-corrected chi connectivity index (χ4v) is 4.11. The van der Waals surface area contributed by atoms with Gasteiger partial charge in [0.25, 0.3) is 5.91 Å². The van der Waals surface area contributed by atoms with E-state index in [9.17, 15) is 4.79 Å². The molecule has 3 heterocycles. The van der Waals surface area contributed by atoms with Gasteiger partial charge in [-0.1, -0.05) is 19.1 Å². The Balaban J connectivity index is 1.44. The number of thiophene rings is 1. The Morgan fingerprint density at radius 1 is 1.33 bits per heavy atom. The highest BCUT2D eigenvalue weighted by Gasteiger charge is 2.23. The maximum absolute atomic E-state index is 12.2. The Morgan fingerprint density at radius 3 is 3.07 bits per heavy atom. The highest BCUT2D eigenvalue weighted by molar-refractivity contribution is 7.18. The van der Waals surface area contributed by atoms with Gasteiger partial charge < -0.3 is 15.4 Å². The molecule has 0 radical (unpaired) electrons. The first-order valence-electron chi connectivity index (χ1n) is 9.21. The number of carbonyl (C=O) groups is 1. The molecular formula is C20H22N4O2S. The van der Waals surface area contributed by atoms with E-state index in [0.29, 0.717) is 13.2 Å². The third-order valence-corrected chi connectivity index (χ3v) is 5.79. The smallest absolute Gasteiger partial charge is 0.253 e. The Hall–Kier alpha value is -2.51. The van der Waals surface area contributed by atoms with Crippen molar-refractivity contribution in [1.82, 2.24) is 9.97 Å². The van der Waals surface area contributed by atoms with Crippen LogP contribution in [-0.2, 0) is 22.5 Å². The number of nitrogens with zero attached hydrogens (tertiary/aromatic N) is 2. The highest BCUT2D eigenvalue weighted by atomic mass is 32.1. The predicted octanol–water partition coefficient (Wildman–Crippen LogP) is 3.98. The van der Waals surface area contributed by atoms with Gasteiger partial charge >= 0.3 is 0 Å². The fraction of sp³-hybridized carbons (Fsp3) is 0.350. The lowest BCUT2D eigenvalue weighted by atomic mass is 10.2. The summed E-state index contributed by atoms with van der Waals surface area (Å²) in [5.41, 5.74) is 1.85. The minimum Gasteiger partial charge on any atom is -0.368 e. The summed E-state index contributed by atoms with van der Waals surface area (Å²) < 4.78 is 5.44. The lowest BCUT2D eigenvalue weighted by Gasteiger charge is -2.12. The molecule has 1 aliphatic rings. The van der Waals surface area contributed by atoms with E-state index < -0.39 is 0 Å².